The molecular weight excluding hydrogens is 172 g/mol. The van der Waals surface area contributed by atoms with Crippen molar-refractivity contribution < 1.29 is 4.74 Å². The molecule has 0 aromatic carbocycles. The zero-order valence-corrected chi connectivity index (χ0v) is 9.68. The van der Waals surface area contributed by atoms with Gasteiger partial charge in [0.05, 0.1) is 12.2 Å². The van der Waals surface area contributed by atoms with Gasteiger partial charge in [-0.3, -0.25) is 0 Å². The minimum absolute atomic E-state index is 0.180. The molecule has 78 valence electrons. The lowest BCUT2D eigenvalue weighted by atomic mass is 9.95. The molecule has 0 aliphatic heterocycles. The molecule has 0 spiro atoms. The molecule has 0 bridgehead atoms. The van der Waals surface area contributed by atoms with Crippen molar-refractivity contribution in [3.8, 4) is 24.7 Å². The molecule has 0 N–H and O–H groups in total. The second-order valence-electron chi connectivity index (χ2n) is 4.78. The predicted molar refractivity (Wildman–Crippen MR) is 60.7 cm³/mol. The third kappa shape index (κ3) is 5.68. The zero-order valence-electron chi connectivity index (χ0n) is 9.68. The molecular formula is C13H20O. The minimum atomic E-state index is -0.201. The van der Waals surface area contributed by atoms with Crippen molar-refractivity contribution in [1.29, 1.82) is 0 Å². The molecule has 0 unspecified atom stereocenters. The van der Waals surface area contributed by atoms with Gasteiger partial charge in [0.25, 0.3) is 0 Å². The van der Waals surface area contributed by atoms with Gasteiger partial charge in [0, 0.05) is 11.8 Å². The van der Waals surface area contributed by atoms with Crippen LogP contribution in [0.4, 0.5) is 0 Å². The van der Waals surface area contributed by atoms with Crippen LogP contribution in [0.15, 0.2) is 0 Å². The van der Waals surface area contributed by atoms with Gasteiger partial charge in [-0.15, -0.1) is 18.8 Å². The average Bonchev–Trinajstić information content (AvgIpc) is 2.12. The number of ether oxygens (including phenoxy) is 1. The first-order valence-electron chi connectivity index (χ1n) is 4.88. The Bertz CT molecular complexity index is 247. The van der Waals surface area contributed by atoms with Crippen LogP contribution >= 0.6 is 0 Å². The first kappa shape index (κ1) is 13.1. The second-order valence-corrected chi connectivity index (χ2v) is 4.78. The highest BCUT2D eigenvalue weighted by atomic mass is 16.5. The maximum Gasteiger partial charge on any atom is 0.0636 e. The van der Waals surface area contributed by atoms with Gasteiger partial charge in [-0.25, -0.2) is 0 Å². The maximum atomic E-state index is 5.75. The van der Waals surface area contributed by atoms with E-state index in [1.165, 1.54) is 0 Å². The van der Waals surface area contributed by atoms with Crippen molar-refractivity contribution in [3.05, 3.63) is 0 Å². The number of terminal acetylenes is 2. The van der Waals surface area contributed by atoms with Crippen molar-refractivity contribution >= 4 is 0 Å². The van der Waals surface area contributed by atoms with Crippen LogP contribution in [0.1, 0.15) is 40.5 Å². The Morgan fingerprint density at radius 1 is 1.14 bits per heavy atom. The molecule has 1 nitrogen and oxygen atoms in total. The normalized spacial score (nSPS) is 11.9. The molecule has 0 heterocycles. The molecule has 0 saturated heterocycles. The van der Waals surface area contributed by atoms with E-state index >= 15 is 0 Å². The minimum Gasteiger partial charge on any atom is -0.374 e. The van der Waals surface area contributed by atoms with Crippen LogP contribution in [-0.2, 0) is 4.74 Å². The van der Waals surface area contributed by atoms with Crippen LogP contribution in [-0.4, -0.2) is 12.2 Å². The Kier molecular flexibility index (Phi) is 4.75. The summed E-state index contributed by atoms with van der Waals surface area (Å²) >= 11 is 0. The van der Waals surface area contributed by atoms with Gasteiger partial charge >= 0.3 is 0 Å². The van der Waals surface area contributed by atoms with Gasteiger partial charge < -0.3 is 4.74 Å². The summed E-state index contributed by atoms with van der Waals surface area (Å²) in [4.78, 5) is 0. The van der Waals surface area contributed by atoms with Crippen molar-refractivity contribution in [2.24, 2.45) is 5.41 Å². The SMILES string of the molecule is C#CCCC(C)(C)OCC(C)(C)C#C. The van der Waals surface area contributed by atoms with E-state index in [1.807, 2.05) is 27.7 Å². The molecule has 0 saturated carbocycles. The van der Waals surface area contributed by atoms with E-state index in [9.17, 15) is 0 Å². The van der Waals surface area contributed by atoms with Crippen molar-refractivity contribution in [3.63, 3.8) is 0 Å². The smallest absolute Gasteiger partial charge is 0.0636 e. The largest absolute Gasteiger partial charge is 0.374 e. The molecule has 0 rings (SSSR count). The summed E-state index contributed by atoms with van der Waals surface area (Å²) in [6.45, 7) is 8.63. The van der Waals surface area contributed by atoms with Crippen LogP contribution in [0.2, 0.25) is 0 Å². The lowest BCUT2D eigenvalue weighted by Gasteiger charge is -2.28. The van der Waals surface area contributed by atoms with Gasteiger partial charge in [-0.1, -0.05) is 5.92 Å². The first-order chi connectivity index (χ1) is 6.33. The summed E-state index contributed by atoms with van der Waals surface area (Å²) in [6.07, 6.45) is 12.2. The van der Waals surface area contributed by atoms with E-state index in [-0.39, 0.29) is 11.0 Å². The van der Waals surface area contributed by atoms with E-state index in [2.05, 4.69) is 11.8 Å². The summed E-state index contributed by atoms with van der Waals surface area (Å²) < 4.78 is 5.75. The molecule has 14 heavy (non-hydrogen) atoms. The van der Waals surface area contributed by atoms with Crippen LogP contribution < -0.4 is 0 Å². The molecule has 1 heteroatoms. The summed E-state index contributed by atoms with van der Waals surface area (Å²) in [5.74, 6) is 5.32. The van der Waals surface area contributed by atoms with E-state index in [0.29, 0.717) is 6.61 Å². The fourth-order valence-corrected chi connectivity index (χ4v) is 0.863. The molecule has 0 aromatic rings. The second kappa shape index (κ2) is 5.08. The van der Waals surface area contributed by atoms with Gasteiger partial charge in [-0.2, -0.15) is 0 Å². The molecule has 0 radical (unpaired) electrons. The molecule has 0 fully saturated rings. The summed E-state index contributed by atoms with van der Waals surface area (Å²) in [5, 5.41) is 0. The average molecular weight is 192 g/mol. The lowest BCUT2D eigenvalue weighted by Crippen LogP contribution is -2.30. The predicted octanol–water partition coefficient (Wildman–Crippen LogP) is 2.85. The van der Waals surface area contributed by atoms with Gasteiger partial charge in [0.1, 0.15) is 0 Å². The van der Waals surface area contributed by atoms with Crippen LogP contribution in [0, 0.1) is 30.1 Å². The van der Waals surface area contributed by atoms with E-state index in [1.54, 1.807) is 0 Å². The summed E-state index contributed by atoms with van der Waals surface area (Å²) in [6, 6.07) is 0. The highest BCUT2D eigenvalue weighted by Crippen LogP contribution is 2.21. The number of hydrogen-bond donors (Lipinski definition) is 0. The van der Waals surface area contributed by atoms with Gasteiger partial charge in [-0.05, 0) is 34.1 Å². The van der Waals surface area contributed by atoms with E-state index in [0.717, 1.165) is 12.8 Å². The van der Waals surface area contributed by atoms with Crippen LogP contribution in [0.3, 0.4) is 0 Å². The number of rotatable bonds is 5. The fourth-order valence-electron chi connectivity index (χ4n) is 0.863. The third-order valence-corrected chi connectivity index (χ3v) is 2.09. The molecule has 0 atom stereocenters. The van der Waals surface area contributed by atoms with Crippen LogP contribution in [0.5, 0.6) is 0 Å². The topological polar surface area (TPSA) is 9.23 Å². The van der Waals surface area contributed by atoms with E-state index < -0.39 is 0 Å². The van der Waals surface area contributed by atoms with E-state index in [4.69, 9.17) is 17.6 Å². The highest BCUT2D eigenvalue weighted by Gasteiger charge is 2.22. The number of hydrogen-bond acceptors (Lipinski definition) is 1. The summed E-state index contributed by atoms with van der Waals surface area (Å²) in [7, 11) is 0. The van der Waals surface area contributed by atoms with Crippen molar-refractivity contribution in [1.82, 2.24) is 0 Å². The van der Waals surface area contributed by atoms with Crippen molar-refractivity contribution in [2.45, 2.75) is 46.1 Å². The third-order valence-electron chi connectivity index (χ3n) is 2.09. The Hall–Kier alpha value is -0.920. The monoisotopic (exact) mass is 192 g/mol. The van der Waals surface area contributed by atoms with Gasteiger partial charge in [0.2, 0.25) is 0 Å². The molecule has 0 amide bonds. The Morgan fingerprint density at radius 3 is 2.14 bits per heavy atom. The zero-order chi connectivity index (χ0) is 11.2. The Morgan fingerprint density at radius 2 is 1.71 bits per heavy atom. The van der Waals surface area contributed by atoms with Gasteiger partial charge in [0.15, 0.2) is 0 Å². The fraction of sp³-hybridized carbons (Fsp3) is 0.692. The molecule has 0 aliphatic carbocycles. The highest BCUT2D eigenvalue weighted by molar-refractivity contribution is 5.00. The first-order valence-corrected chi connectivity index (χ1v) is 4.88. The summed E-state index contributed by atoms with van der Waals surface area (Å²) in [5.41, 5.74) is -0.381. The maximum absolute atomic E-state index is 5.75. The lowest BCUT2D eigenvalue weighted by molar-refractivity contribution is -0.0464. The molecule has 0 aromatic heterocycles. The quantitative estimate of drug-likeness (QED) is 0.609. The Labute approximate surface area is 88.2 Å². The standard InChI is InChI=1S/C13H20O/c1-7-9-10-13(5,6)14-11-12(3,4)8-2/h1-2H,9-11H2,3-6H3. The van der Waals surface area contributed by atoms with Crippen molar-refractivity contribution in [2.75, 3.05) is 6.61 Å². The van der Waals surface area contributed by atoms with Crippen LogP contribution in [0.25, 0.3) is 0 Å². The Balaban J connectivity index is 4.01. The molecule has 0 aliphatic rings.